The largest absolute Gasteiger partial charge is 0.294 e. The molecule has 1 N–H and O–H groups in total. The van der Waals surface area contributed by atoms with Crippen LogP contribution >= 0.6 is 12.2 Å². The van der Waals surface area contributed by atoms with Crippen LogP contribution in [0.2, 0.25) is 0 Å². The highest BCUT2D eigenvalue weighted by molar-refractivity contribution is 7.71. The number of aryl methyl sites for hydroxylation is 1. The van der Waals surface area contributed by atoms with Crippen molar-refractivity contribution in [1.82, 2.24) is 24.7 Å². The maximum Gasteiger partial charge on any atom is 0.195 e. The van der Waals surface area contributed by atoms with Crippen LogP contribution in [0.25, 0.3) is 11.4 Å². The Labute approximate surface area is 127 Å². The fraction of sp³-hybridized carbons (Fsp3) is 0.200. The number of nitrogens with one attached hydrogen (secondary N) is 1. The predicted molar refractivity (Wildman–Crippen MR) is 83.4 cm³/mol. The molecule has 3 heterocycles. The Morgan fingerprint density at radius 2 is 2.00 bits per heavy atom. The lowest BCUT2D eigenvalue weighted by Gasteiger charge is -2.09. The quantitative estimate of drug-likeness (QED) is 0.752. The van der Waals surface area contributed by atoms with Crippen molar-refractivity contribution in [3.8, 4) is 11.4 Å². The lowest BCUT2D eigenvalue weighted by Crippen LogP contribution is -2.07. The number of hydrogen-bond donors (Lipinski definition) is 1. The molecular weight excluding hydrogens is 282 g/mol. The van der Waals surface area contributed by atoms with E-state index in [2.05, 4.69) is 33.2 Å². The maximum absolute atomic E-state index is 5.35. The molecule has 3 aromatic rings. The van der Waals surface area contributed by atoms with E-state index in [0.717, 1.165) is 23.5 Å². The molecule has 6 heteroatoms. The summed E-state index contributed by atoms with van der Waals surface area (Å²) >= 11 is 5.35. The summed E-state index contributed by atoms with van der Waals surface area (Å²) < 4.78 is 2.56. The molecule has 0 atom stereocenters. The second-order valence-corrected chi connectivity index (χ2v) is 5.02. The predicted octanol–water partition coefficient (Wildman–Crippen LogP) is 3.01. The molecule has 0 spiro atoms. The molecular formula is C15H15N5S. The second kappa shape index (κ2) is 5.97. The van der Waals surface area contributed by atoms with Crippen LogP contribution in [0.1, 0.15) is 18.2 Å². The summed E-state index contributed by atoms with van der Waals surface area (Å²) in [4.78, 5) is 8.51. The SMILES string of the molecule is CCc1cccnc1Cn1c(-c2ccncc2)n[nH]c1=S. The minimum Gasteiger partial charge on any atom is -0.294 e. The number of aromatic nitrogens is 5. The second-order valence-electron chi connectivity index (χ2n) is 4.64. The van der Waals surface area contributed by atoms with E-state index in [1.54, 1.807) is 12.4 Å². The summed E-state index contributed by atoms with van der Waals surface area (Å²) in [6.07, 6.45) is 6.24. The van der Waals surface area contributed by atoms with Gasteiger partial charge in [0, 0.05) is 24.2 Å². The average Bonchev–Trinajstić information content (AvgIpc) is 2.90. The molecule has 0 aliphatic rings. The van der Waals surface area contributed by atoms with Crippen LogP contribution in [-0.4, -0.2) is 24.7 Å². The molecule has 21 heavy (non-hydrogen) atoms. The lowest BCUT2D eigenvalue weighted by atomic mass is 10.1. The van der Waals surface area contributed by atoms with E-state index in [4.69, 9.17) is 12.2 Å². The molecule has 0 unspecified atom stereocenters. The Bertz CT molecular complexity index is 791. The van der Waals surface area contributed by atoms with Crippen molar-refractivity contribution in [2.45, 2.75) is 19.9 Å². The summed E-state index contributed by atoms with van der Waals surface area (Å²) in [5.74, 6) is 0.801. The van der Waals surface area contributed by atoms with Gasteiger partial charge < -0.3 is 0 Å². The topological polar surface area (TPSA) is 59.4 Å². The van der Waals surface area contributed by atoms with E-state index in [0.29, 0.717) is 11.3 Å². The molecule has 106 valence electrons. The van der Waals surface area contributed by atoms with Gasteiger partial charge in [-0.2, -0.15) is 5.10 Å². The Morgan fingerprint density at radius 1 is 1.19 bits per heavy atom. The first-order valence-electron chi connectivity index (χ1n) is 6.78. The zero-order valence-corrected chi connectivity index (χ0v) is 12.5. The third-order valence-corrected chi connectivity index (χ3v) is 3.68. The summed E-state index contributed by atoms with van der Waals surface area (Å²) in [6.45, 7) is 2.73. The molecule has 0 saturated heterocycles. The number of pyridine rings is 2. The van der Waals surface area contributed by atoms with Crippen LogP contribution in [0.4, 0.5) is 0 Å². The van der Waals surface area contributed by atoms with E-state index in [-0.39, 0.29) is 0 Å². The van der Waals surface area contributed by atoms with Crippen molar-refractivity contribution in [3.63, 3.8) is 0 Å². The maximum atomic E-state index is 5.35. The Balaban J connectivity index is 2.04. The minimum absolute atomic E-state index is 0.592. The molecule has 0 aliphatic carbocycles. The number of H-pyrrole nitrogens is 1. The summed E-state index contributed by atoms with van der Waals surface area (Å²) in [7, 11) is 0. The van der Waals surface area contributed by atoms with Crippen molar-refractivity contribution in [2.75, 3.05) is 0 Å². The average molecular weight is 297 g/mol. The monoisotopic (exact) mass is 297 g/mol. The van der Waals surface area contributed by atoms with Crippen molar-refractivity contribution >= 4 is 12.2 Å². The molecule has 3 rings (SSSR count). The van der Waals surface area contributed by atoms with Gasteiger partial charge in [-0.05, 0) is 42.4 Å². The van der Waals surface area contributed by atoms with Gasteiger partial charge in [-0.3, -0.25) is 19.6 Å². The Morgan fingerprint density at radius 3 is 2.76 bits per heavy atom. The van der Waals surface area contributed by atoms with Gasteiger partial charge in [0.15, 0.2) is 10.6 Å². The van der Waals surface area contributed by atoms with Crippen LogP contribution in [0, 0.1) is 4.77 Å². The summed E-state index contributed by atoms with van der Waals surface area (Å²) in [6, 6.07) is 7.89. The van der Waals surface area contributed by atoms with Gasteiger partial charge in [0.25, 0.3) is 0 Å². The van der Waals surface area contributed by atoms with Crippen LogP contribution < -0.4 is 0 Å². The molecule has 0 bridgehead atoms. The minimum atomic E-state index is 0.592. The van der Waals surface area contributed by atoms with Gasteiger partial charge >= 0.3 is 0 Å². The summed E-state index contributed by atoms with van der Waals surface area (Å²) in [5, 5.41) is 7.19. The van der Waals surface area contributed by atoms with E-state index in [9.17, 15) is 0 Å². The van der Waals surface area contributed by atoms with Gasteiger partial charge in [0.05, 0.1) is 12.2 Å². The number of rotatable bonds is 4. The van der Waals surface area contributed by atoms with Gasteiger partial charge in [-0.15, -0.1) is 0 Å². The highest BCUT2D eigenvalue weighted by atomic mass is 32.1. The molecule has 0 fully saturated rings. The van der Waals surface area contributed by atoms with Crippen LogP contribution in [0.3, 0.4) is 0 Å². The number of nitrogens with zero attached hydrogens (tertiary/aromatic N) is 4. The van der Waals surface area contributed by atoms with E-state index >= 15 is 0 Å². The highest BCUT2D eigenvalue weighted by Gasteiger charge is 2.11. The third kappa shape index (κ3) is 2.75. The first kappa shape index (κ1) is 13.6. The van der Waals surface area contributed by atoms with E-state index < -0.39 is 0 Å². The zero-order valence-electron chi connectivity index (χ0n) is 11.7. The molecule has 3 aromatic heterocycles. The van der Waals surface area contributed by atoms with Gasteiger partial charge in [0.2, 0.25) is 0 Å². The number of hydrogen-bond acceptors (Lipinski definition) is 4. The number of aromatic amines is 1. The zero-order chi connectivity index (χ0) is 14.7. The molecule has 5 nitrogen and oxygen atoms in total. The van der Waals surface area contributed by atoms with Crippen molar-refractivity contribution in [2.24, 2.45) is 0 Å². The van der Waals surface area contributed by atoms with Crippen molar-refractivity contribution in [3.05, 3.63) is 58.9 Å². The lowest BCUT2D eigenvalue weighted by molar-refractivity contribution is 0.755. The van der Waals surface area contributed by atoms with Crippen molar-refractivity contribution in [1.29, 1.82) is 0 Å². The van der Waals surface area contributed by atoms with Gasteiger partial charge in [0.1, 0.15) is 0 Å². The smallest absolute Gasteiger partial charge is 0.195 e. The fourth-order valence-corrected chi connectivity index (χ4v) is 2.47. The van der Waals surface area contributed by atoms with Gasteiger partial charge in [-0.25, -0.2) is 0 Å². The molecule has 0 radical (unpaired) electrons. The first-order chi connectivity index (χ1) is 10.3. The molecule has 0 saturated carbocycles. The fourth-order valence-electron chi connectivity index (χ4n) is 2.27. The summed E-state index contributed by atoms with van der Waals surface area (Å²) in [5.41, 5.74) is 3.22. The van der Waals surface area contributed by atoms with Crippen LogP contribution in [0.5, 0.6) is 0 Å². The van der Waals surface area contributed by atoms with E-state index in [1.165, 1.54) is 5.56 Å². The van der Waals surface area contributed by atoms with Gasteiger partial charge in [-0.1, -0.05) is 13.0 Å². The van der Waals surface area contributed by atoms with Crippen molar-refractivity contribution < 1.29 is 0 Å². The molecule has 0 aliphatic heterocycles. The highest BCUT2D eigenvalue weighted by Crippen LogP contribution is 2.18. The van der Waals surface area contributed by atoms with Crippen LogP contribution in [-0.2, 0) is 13.0 Å². The molecule has 0 amide bonds. The Kier molecular flexibility index (Phi) is 3.87. The molecule has 0 aromatic carbocycles. The van der Waals surface area contributed by atoms with E-state index in [1.807, 2.05) is 29.0 Å². The normalized spacial score (nSPS) is 10.7. The standard InChI is InChI=1S/C15H15N5S/c1-2-11-4-3-7-17-13(11)10-20-14(18-19-15(20)21)12-5-8-16-9-6-12/h3-9H,2,10H2,1H3,(H,19,21). The third-order valence-electron chi connectivity index (χ3n) is 3.37. The Hall–Kier alpha value is -2.34. The van der Waals surface area contributed by atoms with Crippen LogP contribution in [0.15, 0.2) is 42.9 Å². The first-order valence-corrected chi connectivity index (χ1v) is 7.18.